The first-order valence-corrected chi connectivity index (χ1v) is 7.15. The number of hydrogen-bond donors (Lipinski definition) is 0. The summed E-state index contributed by atoms with van der Waals surface area (Å²) in [6.07, 6.45) is 0. The Morgan fingerprint density at radius 2 is 1.95 bits per heavy atom. The lowest BCUT2D eigenvalue weighted by atomic mass is 9.85. The number of rotatable bonds is 5. The summed E-state index contributed by atoms with van der Waals surface area (Å²) in [6.45, 7) is 11.1. The van der Waals surface area contributed by atoms with Gasteiger partial charge in [-0.05, 0) is 29.0 Å². The molecule has 0 saturated heterocycles. The van der Waals surface area contributed by atoms with Gasteiger partial charge >= 0.3 is 0 Å². The summed E-state index contributed by atoms with van der Waals surface area (Å²) in [5, 5.41) is 0. The van der Waals surface area contributed by atoms with Crippen LogP contribution in [0.4, 0.5) is 0 Å². The van der Waals surface area contributed by atoms with E-state index in [0.717, 1.165) is 5.56 Å². The molecule has 0 amide bonds. The number of benzene rings is 1. The number of halogens is 1. The fraction of sp³-hybridized carbons (Fsp3) is 0.562. The van der Waals surface area contributed by atoms with Crippen LogP contribution in [0.1, 0.15) is 50.5 Å². The van der Waals surface area contributed by atoms with Crippen LogP contribution in [0.3, 0.4) is 0 Å². The maximum Gasteiger partial charge on any atom is 0.181 e. The van der Waals surface area contributed by atoms with Crippen molar-refractivity contribution < 1.29 is 9.53 Å². The van der Waals surface area contributed by atoms with E-state index in [1.807, 2.05) is 18.2 Å². The van der Waals surface area contributed by atoms with Gasteiger partial charge < -0.3 is 4.74 Å². The molecule has 0 aliphatic carbocycles. The van der Waals surface area contributed by atoms with E-state index < -0.39 is 0 Å². The highest BCUT2D eigenvalue weighted by atomic mass is 35.5. The molecule has 0 heterocycles. The molecule has 2 nitrogen and oxygen atoms in total. The molecular formula is C16H23ClO2. The molecule has 0 unspecified atom stereocenters. The van der Waals surface area contributed by atoms with Crippen molar-refractivity contribution in [1.29, 1.82) is 0 Å². The normalized spacial score (nSPS) is 11.7. The van der Waals surface area contributed by atoms with Crippen molar-refractivity contribution in [3.8, 4) is 5.75 Å². The molecule has 0 spiro atoms. The van der Waals surface area contributed by atoms with Gasteiger partial charge in [0.25, 0.3) is 0 Å². The zero-order valence-corrected chi connectivity index (χ0v) is 13.2. The number of ketones is 1. The van der Waals surface area contributed by atoms with Crippen LogP contribution >= 0.6 is 11.6 Å². The van der Waals surface area contributed by atoms with Gasteiger partial charge in [0, 0.05) is 0 Å². The summed E-state index contributed by atoms with van der Waals surface area (Å²) in [4.78, 5) is 11.9. The van der Waals surface area contributed by atoms with Crippen LogP contribution in [0, 0.1) is 5.92 Å². The van der Waals surface area contributed by atoms with Gasteiger partial charge in [-0.2, -0.15) is 0 Å². The van der Waals surface area contributed by atoms with Crippen molar-refractivity contribution in [1.82, 2.24) is 0 Å². The van der Waals surface area contributed by atoms with Crippen LogP contribution in [0.15, 0.2) is 18.2 Å². The van der Waals surface area contributed by atoms with Crippen molar-refractivity contribution in [2.45, 2.75) is 40.0 Å². The van der Waals surface area contributed by atoms with Gasteiger partial charge in [-0.1, -0.05) is 40.7 Å². The van der Waals surface area contributed by atoms with E-state index in [0.29, 0.717) is 23.8 Å². The zero-order valence-electron chi connectivity index (χ0n) is 12.4. The standard InChI is InChI=1S/C16H23ClO2/c1-11(2)10-19-15-7-6-12(16(3,4)5)8-13(15)14(18)9-17/h6-8,11H,9-10H2,1-5H3. The molecule has 3 heteroatoms. The molecule has 19 heavy (non-hydrogen) atoms. The molecule has 0 aliphatic heterocycles. The van der Waals surface area contributed by atoms with Crippen LogP contribution < -0.4 is 4.74 Å². The van der Waals surface area contributed by atoms with Crippen molar-refractivity contribution >= 4 is 17.4 Å². The van der Waals surface area contributed by atoms with Crippen LogP contribution in [0.25, 0.3) is 0 Å². The molecule has 1 aromatic carbocycles. The molecule has 0 N–H and O–H groups in total. The lowest BCUT2D eigenvalue weighted by Crippen LogP contribution is -2.14. The Kier molecular flexibility index (Phi) is 5.42. The van der Waals surface area contributed by atoms with Crippen LogP contribution in [0.5, 0.6) is 5.75 Å². The number of carbonyl (C=O) groups is 1. The van der Waals surface area contributed by atoms with Gasteiger partial charge in [0.1, 0.15) is 5.75 Å². The maximum atomic E-state index is 11.9. The van der Waals surface area contributed by atoms with E-state index in [9.17, 15) is 4.79 Å². The van der Waals surface area contributed by atoms with Crippen molar-refractivity contribution in [2.24, 2.45) is 5.92 Å². The van der Waals surface area contributed by atoms with E-state index >= 15 is 0 Å². The van der Waals surface area contributed by atoms with E-state index in [1.54, 1.807) is 0 Å². The Hall–Kier alpha value is -1.02. The molecule has 0 radical (unpaired) electrons. The fourth-order valence-corrected chi connectivity index (χ4v) is 1.81. The summed E-state index contributed by atoms with van der Waals surface area (Å²) in [6, 6.07) is 5.80. The molecule has 0 bridgehead atoms. The third-order valence-electron chi connectivity index (χ3n) is 2.84. The highest BCUT2D eigenvalue weighted by molar-refractivity contribution is 6.30. The predicted octanol–water partition coefficient (Wildman–Crippen LogP) is 4.44. The average molecular weight is 283 g/mol. The largest absolute Gasteiger partial charge is 0.493 e. The molecular weight excluding hydrogens is 260 g/mol. The third-order valence-corrected chi connectivity index (χ3v) is 3.08. The van der Waals surface area contributed by atoms with Gasteiger partial charge in [-0.25, -0.2) is 0 Å². The highest BCUT2D eigenvalue weighted by Crippen LogP contribution is 2.28. The minimum absolute atomic E-state index is 0.00206. The minimum atomic E-state index is -0.0912. The highest BCUT2D eigenvalue weighted by Gasteiger charge is 2.19. The van der Waals surface area contributed by atoms with Crippen LogP contribution in [-0.2, 0) is 5.41 Å². The maximum absolute atomic E-state index is 11.9. The number of alkyl halides is 1. The summed E-state index contributed by atoms with van der Waals surface area (Å²) in [7, 11) is 0. The van der Waals surface area contributed by atoms with Crippen molar-refractivity contribution in [3.05, 3.63) is 29.3 Å². The zero-order chi connectivity index (χ0) is 14.6. The van der Waals surface area contributed by atoms with Gasteiger partial charge in [0.2, 0.25) is 0 Å². The Morgan fingerprint density at radius 3 is 2.42 bits per heavy atom. The molecule has 0 atom stereocenters. The second kappa shape index (κ2) is 6.42. The first kappa shape index (κ1) is 16.0. The lowest BCUT2D eigenvalue weighted by molar-refractivity contribution is 0.101. The quantitative estimate of drug-likeness (QED) is 0.589. The average Bonchev–Trinajstić information content (AvgIpc) is 2.34. The summed E-state index contributed by atoms with van der Waals surface area (Å²) in [5.41, 5.74) is 1.69. The van der Waals surface area contributed by atoms with Crippen LogP contribution in [-0.4, -0.2) is 18.3 Å². The minimum Gasteiger partial charge on any atom is -0.493 e. The van der Waals surface area contributed by atoms with Gasteiger partial charge in [-0.3, -0.25) is 4.79 Å². The number of Topliss-reactive ketones (excluding diaryl/α,β-unsaturated/α-hetero) is 1. The Balaban J connectivity index is 3.13. The second-order valence-electron chi connectivity index (χ2n) is 6.22. The molecule has 0 aliphatic rings. The summed E-state index contributed by atoms with van der Waals surface area (Å²) < 4.78 is 5.71. The number of hydrogen-bond acceptors (Lipinski definition) is 2. The van der Waals surface area contributed by atoms with Gasteiger partial charge in [-0.15, -0.1) is 11.6 Å². The number of ether oxygens (including phenoxy) is 1. The van der Waals surface area contributed by atoms with Crippen molar-refractivity contribution in [2.75, 3.05) is 12.5 Å². The number of carbonyl (C=O) groups excluding carboxylic acids is 1. The van der Waals surface area contributed by atoms with E-state index in [4.69, 9.17) is 16.3 Å². The molecule has 0 fully saturated rings. The Labute approximate surface area is 121 Å². The molecule has 0 saturated carbocycles. The van der Waals surface area contributed by atoms with Crippen molar-refractivity contribution in [3.63, 3.8) is 0 Å². The molecule has 0 aromatic heterocycles. The molecule has 1 aromatic rings. The van der Waals surface area contributed by atoms with Crippen LogP contribution in [0.2, 0.25) is 0 Å². The van der Waals surface area contributed by atoms with Gasteiger partial charge in [0.05, 0.1) is 18.1 Å². The lowest BCUT2D eigenvalue weighted by Gasteiger charge is -2.21. The monoisotopic (exact) mass is 282 g/mol. The van der Waals surface area contributed by atoms with Gasteiger partial charge in [0.15, 0.2) is 5.78 Å². The first-order chi connectivity index (χ1) is 8.75. The topological polar surface area (TPSA) is 26.3 Å². The fourth-order valence-electron chi connectivity index (χ4n) is 1.67. The Morgan fingerprint density at radius 1 is 1.32 bits per heavy atom. The predicted molar refractivity (Wildman–Crippen MR) is 80.5 cm³/mol. The summed E-state index contributed by atoms with van der Waals surface area (Å²) in [5.74, 6) is 0.936. The van der Waals surface area contributed by atoms with E-state index in [2.05, 4.69) is 34.6 Å². The Bertz CT molecular complexity index is 445. The van der Waals surface area contributed by atoms with E-state index in [-0.39, 0.29) is 17.1 Å². The SMILES string of the molecule is CC(C)COc1ccc(C(C)(C)C)cc1C(=O)CCl. The summed E-state index contributed by atoms with van der Waals surface area (Å²) >= 11 is 5.68. The molecule has 106 valence electrons. The third kappa shape index (κ3) is 4.54. The van der Waals surface area contributed by atoms with E-state index in [1.165, 1.54) is 0 Å². The smallest absolute Gasteiger partial charge is 0.181 e. The first-order valence-electron chi connectivity index (χ1n) is 6.62. The second-order valence-corrected chi connectivity index (χ2v) is 6.49. The molecule has 1 rings (SSSR count).